The molecule has 1 N–H and O–H groups in total. The Balaban J connectivity index is 0.00000264. The molecule has 1 atom stereocenters. The van der Waals surface area contributed by atoms with Crippen molar-refractivity contribution in [2.45, 2.75) is 32.2 Å². The molecule has 0 radical (unpaired) electrons. The Morgan fingerprint density at radius 3 is 2.22 bits per heavy atom. The second-order valence-corrected chi connectivity index (χ2v) is 5.64. The van der Waals surface area contributed by atoms with Gasteiger partial charge in [0.1, 0.15) is 11.6 Å². The summed E-state index contributed by atoms with van der Waals surface area (Å²) in [5.74, 6) is 0.721. The maximum atomic E-state index is 12.9. The van der Waals surface area contributed by atoms with Crippen LogP contribution in [0.25, 0.3) is 0 Å². The molecule has 0 amide bonds. The third-order valence-corrected chi connectivity index (χ3v) is 3.75. The summed E-state index contributed by atoms with van der Waals surface area (Å²) < 4.78 is 18.0. The van der Waals surface area contributed by atoms with E-state index in [-0.39, 0.29) is 18.2 Å². The highest BCUT2D eigenvalue weighted by Gasteiger charge is 2.03. The Bertz CT molecular complexity index is 557. The van der Waals surface area contributed by atoms with E-state index in [2.05, 4.69) is 24.4 Å². The van der Waals surface area contributed by atoms with Gasteiger partial charge < -0.3 is 10.1 Å². The summed E-state index contributed by atoms with van der Waals surface area (Å²) in [4.78, 5) is 0. The van der Waals surface area contributed by atoms with Crippen LogP contribution in [0, 0.1) is 5.82 Å². The molecule has 4 heteroatoms. The van der Waals surface area contributed by atoms with Crippen molar-refractivity contribution in [3.63, 3.8) is 0 Å². The van der Waals surface area contributed by atoms with Gasteiger partial charge in [0, 0.05) is 6.04 Å². The van der Waals surface area contributed by atoms with E-state index in [1.807, 2.05) is 24.3 Å². The first-order valence-corrected chi connectivity index (χ1v) is 7.78. The van der Waals surface area contributed by atoms with Crippen LogP contribution in [0.5, 0.6) is 5.75 Å². The summed E-state index contributed by atoms with van der Waals surface area (Å²) in [6.45, 7) is 3.14. The third kappa shape index (κ3) is 7.02. The highest BCUT2D eigenvalue weighted by Crippen LogP contribution is 2.12. The van der Waals surface area contributed by atoms with E-state index < -0.39 is 0 Å². The van der Waals surface area contributed by atoms with E-state index >= 15 is 0 Å². The topological polar surface area (TPSA) is 21.3 Å². The van der Waals surface area contributed by atoms with Crippen molar-refractivity contribution in [3.8, 4) is 5.75 Å². The molecule has 0 heterocycles. The van der Waals surface area contributed by atoms with Crippen LogP contribution in [0.1, 0.15) is 24.5 Å². The van der Waals surface area contributed by atoms with Gasteiger partial charge in [0.2, 0.25) is 0 Å². The molecule has 23 heavy (non-hydrogen) atoms. The summed E-state index contributed by atoms with van der Waals surface area (Å²) in [7, 11) is 1.68. The number of ether oxygens (including phenoxy) is 1. The molecular formula is C19H25ClFNO. The fourth-order valence-electron chi connectivity index (χ4n) is 2.48. The zero-order valence-corrected chi connectivity index (χ0v) is 14.5. The van der Waals surface area contributed by atoms with Crippen LogP contribution in [0.15, 0.2) is 48.5 Å². The molecule has 2 rings (SSSR count). The van der Waals surface area contributed by atoms with Gasteiger partial charge >= 0.3 is 0 Å². The number of aryl methyl sites for hydroxylation is 1. The number of rotatable bonds is 8. The Morgan fingerprint density at radius 1 is 1.00 bits per heavy atom. The van der Waals surface area contributed by atoms with E-state index in [1.54, 1.807) is 7.11 Å². The summed E-state index contributed by atoms with van der Waals surface area (Å²) in [6, 6.07) is 15.4. The number of hydrogen-bond donors (Lipinski definition) is 1. The monoisotopic (exact) mass is 337 g/mol. The van der Waals surface area contributed by atoms with Gasteiger partial charge in [-0.3, -0.25) is 0 Å². The van der Waals surface area contributed by atoms with Gasteiger partial charge in [0.15, 0.2) is 0 Å². The fraction of sp³-hybridized carbons (Fsp3) is 0.368. The maximum Gasteiger partial charge on any atom is 0.123 e. The maximum absolute atomic E-state index is 12.9. The van der Waals surface area contributed by atoms with Crippen LogP contribution < -0.4 is 10.1 Å². The highest BCUT2D eigenvalue weighted by molar-refractivity contribution is 5.85. The fourth-order valence-corrected chi connectivity index (χ4v) is 2.48. The minimum Gasteiger partial charge on any atom is -0.497 e. The lowest BCUT2D eigenvalue weighted by Gasteiger charge is -2.14. The molecule has 126 valence electrons. The molecular weight excluding hydrogens is 313 g/mol. The largest absolute Gasteiger partial charge is 0.497 e. The van der Waals surface area contributed by atoms with E-state index in [1.165, 1.54) is 17.7 Å². The second-order valence-electron chi connectivity index (χ2n) is 5.64. The number of nitrogens with one attached hydrogen (secondary N) is 1. The summed E-state index contributed by atoms with van der Waals surface area (Å²) in [5, 5.41) is 3.52. The number of benzene rings is 2. The first-order valence-electron chi connectivity index (χ1n) is 7.78. The molecule has 2 aromatic carbocycles. The summed E-state index contributed by atoms with van der Waals surface area (Å²) in [5.41, 5.74) is 2.49. The Hall–Kier alpha value is -1.58. The molecule has 0 spiro atoms. The zero-order chi connectivity index (χ0) is 15.8. The van der Waals surface area contributed by atoms with Gasteiger partial charge in [0.25, 0.3) is 0 Å². The predicted molar refractivity (Wildman–Crippen MR) is 96.1 cm³/mol. The number of methoxy groups -OCH3 is 1. The molecule has 0 aromatic heterocycles. The first-order chi connectivity index (χ1) is 10.7. The minimum atomic E-state index is -0.177. The van der Waals surface area contributed by atoms with Crippen LogP contribution in [0.4, 0.5) is 4.39 Å². The lowest BCUT2D eigenvalue weighted by molar-refractivity contribution is 0.414. The van der Waals surface area contributed by atoms with E-state index in [0.29, 0.717) is 6.04 Å². The molecule has 0 aliphatic carbocycles. The van der Waals surface area contributed by atoms with E-state index in [4.69, 9.17) is 4.74 Å². The van der Waals surface area contributed by atoms with Gasteiger partial charge in [-0.25, -0.2) is 4.39 Å². The minimum absolute atomic E-state index is 0. The molecule has 1 unspecified atom stereocenters. The molecule has 0 saturated carbocycles. The summed E-state index contributed by atoms with van der Waals surface area (Å²) in [6.07, 6.45) is 3.07. The molecule has 0 bridgehead atoms. The van der Waals surface area contributed by atoms with E-state index in [0.717, 1.165) is 37.1 Å². The molecule has 0 aliphatic rings. The Kier molecular flexibility index (Phi) is 8.67. The van der Waals surface area contributed by atoms with Crippen molar-refractivity contribution < 1.29 is 9.13 Å². The van der Waals surface area contributed by atoms with Crippen molar-refractivity contribution in [2.24, 2.45) is 0 Å². The third-order valence-electron chi connectivity index (χ3n) is 3.75. The lowest BCUT2D eigenvalue weighted by Crippen LogP contribution is -2.29. The summed E-state index contributed by atoms with van der Waals surface area (Å²) >= 11 is 0. The van der Waals surface area contributed by atoms with Gasteiger partial charge in [-0.05, 0) is 68.1 Å². The SMILES string of the molecule is COc1ccc(CCCNC(C)Cc2ccc(F)cc2)cc1.Cl. The highest BCUT2D eigenvalue weighted by atomic mass is 35.5. The van der Waals surface area contributed by atoms with Crippen molar-refractivity contribution in [3.05, 3.63) is 65.5 Å². The van der Waals surface area contributed by atoms with Crippen LogP contribution in [-0.4, -0.2) is 19.7 Å². The van der Waals surface area contributed by atoms with Crippen molar-refractivity contribution >= 4 is 12.4 Å². The van der Waals surface area contributed by atoms with Crippen molar-refractivity contribution in [2.75, 3.05) is 13.7 Å². The first kappa shape index (κ1) is 19.5. The normalized spacial score (nSPS) is 11.6. The predicted octanol–water partition coefficient (Wildman–Crippen LogP) is 4.41. The number of halogens is 2. The molecule has 0 fully saturated rings. The average molecular weight is 338 g/mol. The van der Waals surface area contributed by atoms with E-state index in [9.17, 15) is 4.39 Å². The Labute approximate surface area is 144 Å². The molecule has 2 nitrogen and oxygen atoms in total. The van der Waals surface area contributed by atoms with Crippen LogP contribution in [0.3, 0.4) is 0 Å². The van der Waals surface area contributed by atoms with Gasteiger partial charge in [-0.1, -0.05) is 24.3 Å². The average Bonchev–Trinajstić information content (AvgIpc) is 2.54. The lowest BCUT2D eigenvalue weighted by atomic mass is 10.1. The zero-order valence-electron chi connectivity index (χ0n) is 13.7. The number of hydrogen-bond acceptors (Lipinski definition) is 2. The quantitative estimate of drug-likeness (QED) is 0.720. The second kappa shape index (κ2) is 10.2. The van der Waals surface area contributed by atoms with Gasteiger partial charge in [-0.15, -0.1) is 12.4 Å². The van der Waals surface area contributed by atoms with Gasteiger partial charge in [-0.2, -0.15) is 0 Å². The van der Waals surface area contributed by atoms with Crippen molar-refractivity contribution in [1.82, 2.24) is 5.32 Å². The van der Waals surface area contributed by atoms with Crippen LogP contribution in [0.2, 0.25) is 0 Å². The van der Waals surface area contributed by atoms with Gasteiger partial charge in [0.05, 0.1) is 7.11 Å². The van der Waals surface area contributed by atoms with Crippen molar-refractivity contribution in [1.29, 1.82) is 0 Å². The van der Waals surface area contributed by atoms with Crippen LogP contribution in [-0.2, 0) is 12.8 Å². The molecule has 0 aliphatic heterocycles. The van der Waals surface area contributed by atoms with Crippen LogP contribution >= 0.6 is 12.4 Å². The Morgan fingerprint density at radius 2 is 1.61 bits per heavy atom. The molecule has 2 aromatic rings. The smallest absolute Gasteiger partial charge is 0.123 e. The standard InChI is InChI=1S/C19H24FNO.ClH/c1-15(14-17-5-9-18(20)10-6-17)21-13-3-4-16-7-11-19(22-2)12-8-16;/h5-12,15,21H,3-4,13-14H2,1-2H3;1H. The molecule has 0 saturated heterocycles.